The molecule has 5 atom stereocenters. The van der Waals surface area contributed by atoms with Crippen LogP contribution in [0.5, 0.6) is 0 Å². The van der Waals surface area contributed by atoms with Gasteiger partial charge in [0.25, 0.3) is 0 Å². The van der Waals surface area contributed by atoms with E-state index in [1.165, 1.54) is 46.8 Å². The zero-order valence-electron chi connectivity index (χ0n) is 19.8. The Hall–Kier alpha value is 0.840. The first kappa shape index (κ1) is 30.4. The summed E-state index contributed by atoms with van der Waals surface area (Å²) in [5.74, 6) is 7.32. The van der Waals surface area contributed by atoms with Crippen molar-refractivity contribution in [1.82, 2.24) is 0 Å². The molecule has 2 saturated heterocycles. The maximum absolute atomic E-state index is 11.6. The second kappa shape index (κ2) is 16.7. The largest absolute Gasteiger partial charge is 0.282 e. The minimum atomic E-state index is 0.0796. The van der Waals surface area contributed by atoms with E-state index in [9.17, 15) is 9.59 Å². The van der Waals surface area contributed by atoms with Gasteiger partial charge in [-0.2, -0.15) is 23.5 Å². The molecular weight excluding hydrogens is 589 g/mol. The molecule has 3 rings (SSSR count). The zero-order valence-corrected chi connectivity index (χ0v) is 26.3. The standard InChI is InChI=1S/C25H32O2S8/c1-4-21(26)30-12-19-14-32-23(34-19)16-28-11-17-7-9-18(10-8-17)24(29-6-3)25-33-15-20(35-25)13-31-22(27)5-2/h4-5,7-10,19-20,23-25H,1-2,6,11-16H2,3H3. The van der Waals surface area contributed by atoms with Gasteiger partial charge >= 0.3 is 0 Å². The van der Waals surface area contributed by atoms with Gasteiger partial charge in [-0.25, -0.2) is 0 Å². The average molecular weight is 621 g/mol. The molecule has 2 aliphatic heterocycles. The third kappa shape index (κ3) is 10.5. The van der Waals surface area contributed by atoms with E-state index in [0.29, 0.717) is 24.9 Å². The number of hydrogen-bond donors (Lipinski definition) is 0. The van der Waals surface area contributed by atoms with Crippen LogP contribution >= 0.6 is 94.1 Å². The summed E-state index contributed by atoms with van der Waals surface area (Å²) in [7, 11) is 0. The van der Waals surface area contributed by atoms with E-state index in [1.54, 1.807) is 0 Å². The predicted octanol–water partition coefficient (Wildman–Crippen LogP) is 7.96. The zero-order chi connectivity index (χ0) is 25.0. The van der Waals surface area contributed by atoms with Gasteiger partial charge in [-0.3, -0.25) is 9.59 Å². The van der Waals surface area contributed by atoms with Gasteiger partial charge in [0, 0.05) is 45.0 Å². The number of carbonyl (C=O) groups excluding carboxylic acids is 2. The molecule has 2 nitrogen and oxygen atoms in total. The Kier molecular flexibility index (Phi) is 14.5. The van der Waals surface area contributed by atoms with Gasteiger partial charge in [-0.1, -0.05) is 67.9 Å². The average Bonchev–Trinajstić information content (AvgIpc) is 3.54. The molecule has 0 amide bonds. The molecule has 0 bridgehead atoms. The van der Waals surface area contributed by atoms with Crippen LogP contribution in [0.25, 0.3) is 0 Å². The minimum absolute atomic E-state index is 0.0796. The third-order valence-electron chi connectivity index (χ3n) is 5.17. The van der Waals surface area contributed by atoms with Crippen molar-refractivity contribution in [3.05, 3.63) is 60.7 Å². The second-order valence-electron chi connectivity index (χ2n) is 7.78. The summed E-state index contributed by atoms with van der Waals surface area (Å²) in [4.78, 5) is 23.0. The van der Waals surface area contributed by atoms with E-state index in [4.69, 9.17) is 0 Å². The molecule has 0 radical (unpaired) electrons. The molecular formula is C25H32O2S8. The van der Waals surface area contributed by atoms with Gasteiger partial charge in [-0.05, 0) is 29.0 Å². The second-order valence-corrected chi connectivity index (χ2v) is 18.2. The van der Waals surface area contributed by atoms with Gasteiger partial charge in [0.15, 0.2) is 0 Å². The highest BCUT2D eigenvalue weighted by Gasteiger charge is 2.33. The Morgan fingerprint density at radius 1 is 0.971 bits per heavy atom. The van der Waals surface area contributed by atoms with Crippen LogP contribution in [0.3, 0.4) is 0 Å². The molecule has 192 valence electrons. The fourth-order valence-electron chi connectivity index (χ4n) is 3.46. The molecule has 5 unspecified atom stereocenters. The van der Waals surface area contributed by atoms with Crippen molar-refractivity contribution in [3.63, 3.8) is 0 Å². The van der Waals surface area contributed by atoms with Gasteiger partial charge in [0.1, 0.15) is 0 Å². The molecule has 0 aliphatic carbocycles. The van der Waals surface area contributed by atoms with Crippen molar-refractivity contribution in [1.29, 1.82) is 0 Å². The smallest absolute Gasteiger partial charge is 0.211 e. The lowest BCUT2D eigenvalue weighted by Gasteiger charge is -2.22. The molecule has 2 heterocycles. The van der Waals surface area contributed by atoms with Crippen molar-refractivity contribution >= 4 is 104 Å². The molecule has 0 N–H and O–H groups in total. The van der Waals surface area contributed by atoms with Crippen LogP contribution in [-0.4, -0.2) is 64.4 Å². The van der Waals surface area contributed by atoms with Crippen LogP contribution < -0.4 is 0 Å². The molecule has 0 saturated carbocycles. The summed E-state index contributed by atoms with van der Waals surface area (Å²) in [5.41, 5.74) is 2.81. The first-order valence-corrected chi connectivity index (χ1v) is 19.6. The number of benzene rings is 1. The summed E-state index contributed by atoms with van der Waals surface area (Å²) in [6, 6.07) is 9.27. The summed E-state index contributed by atoms with van der Waals surface area (Å²) >= 11 is 15.0. The van der Waals surface area contributed by atoms with Crippen LogP contribution in [0, 0.1) is 0 Å². The van der Waals surface area contributed by atoms with Crippen molar-refractivity contribution < 1.29 is 9.59 Å². The van der Waals surface area contributed by atoms with Crippen molar-refractivity contribution in [3.8, 4) is 0 Å². The maximum atomic E-state index is 11.6. The molecule has 1 aromatic carbocycles. The quantitative estimate of drug-likeness (QED) is 0.191. The Morgan fingerprint density at radius 2 is 1.60 bits per heavy atom. The van der Waals surface area contributed by atoms with E-state index >= 15 is 0 Å². The van der Waals surface area contributed by atoms with Crippen LogP contribution in [0.4, 0.5) is 0 Å². The molecule has 2 fully saturated rings. The number of carbonyl (C=O) groups is 2. The molecule has 35 heavy (non-hydrogen) atoms. The third-order valence-corrected chi connectivity index (χ3v) is 17.4. The van der Waals surface area contributed by atoms with Crippen molar-refractivity contribution in [2.24, 2.45) is 0 Å². The number of rotatable bonds is 14. The van der Waals surface area contributed by atoms with Crippen molar-refractivity contribution in [2.75, 3.05) is 34.5 Å². The summed E-state index contributed by atoms with van der Waals surface area (Å²) in [6.07, 6.45) is 2.83. The topological polar surface area (TPSA) is 34.1 Å². The van der Waals surface area contributed by atoms with E-state index in [1.807, 2.05) is 70.6 Å². The lowest BCUT2D eigenvalue weighted by molar-refractivity contribution is -0.107. The monoisotopic (exact) mass is 620 g/mol. The molecule has 10 heteroatoms. The maximum Gasteiger partial charge on any atom is 0.211 e. The van der Waals surface area contributed by atoms with E-state index in [0.717, 1.165) is 40.3 Å². The first-order valence-electron chi connectivity index (χ1n) is 11.4. The number of thioether (sulfide) groups is 8. The van der Waals surface area contributed by atoms with Gasteiger partial charge in [0.05, 0.1) is 14.4 Å². The minimum Gasteiger partial charge on any atom is -0.282 e. The van der Waals surface area contributed by atoms with Crippen LogP contribution in [-0.2, 0) is 15.3 Å². The molecule has 0 spiro atoms. The van der Waals surface area contributed by atoms with E-state index in [-0.39, 0.29) is 10.2 Å². The van der Waals surface area contributed by atoms with Gasteiger partial charge in [-0.15, -0.1) is 47.0 Å². The normalized spacial score (nSPS) is 24.8. The summed E-state index contributed by atoms with van der Waals surface area (Å²) < 4.78 is 1.16. The fraction of sp³-hybridized carbons (Fsp3) is 0.520. The highest BCUT2D eigenvalue weighted by Crippen LogP contribution is 2.50. The van der Waals surface area contributed by atoms with Crippen LogP contribution in [0.1, 0.15) is 23.3 Å². The Balaban J connectivity index is 1.42. The Labute approximate surface area is 244 Å². The fourth-order valence-corrected chi connectivity index (χ4v) is 15.4. The first-order chi connectivity index (χ1) is 17.0. The SMILES string of the molecule is C=CC(=O)SCC1CSC(CSCc2ccc(C(SCC)C3SCC(CSC(=O)C=C)S3)cc2)S1. The lowest BCUT2D eigenvalue weighted by Crippen LogP contribution is -2.10. The molecule has 1 aromatic rings. The number of hydrogen-bond acceptors (Lipinski definition) is 10. The van der Waals surface area contributed by atoms with Gasteiger partial charge in [0.2, 0.25) is 10.2 Å². The predicted molar refractivity (Wildman–Crippen MR) is 174 cm³/mol. The van der Waals surface area contributed by atoms with Crippen LogP contribution in [0.2, 0.25) is 0 Å². The molecule has 0 aromatic heterocycles. The highest BCUT2D eigenvalue weighted by atomic mass is 32.2. The Morgan fingerprint density at radius 3 is 2.23 bits per heavy atom. The van der Waals surface area contributed by atoms with Gasteiger partial charge < -0.3 is 0 Å². The Bertz CT molecular complexity index is 846. The lowest BCUT2D eigenvalue weighted by atomic mass is 10.1. The summed E-state index contributed by atoms with van der Waals surface area (Å²) in [6.45, 7) is 9.36. The van der Waals surface area contributed by atoms with Crippen LogP contribution in [0.15, 0.2) is 49.6 Å². The summed E-state index contributed by atoms with van der Waals surface area (Å²) in [5, 5.41) is 1.74. The van der Waals surface area contributed by atoms with Crippen molar-refractivity contribution in [2.45, 2.75) is 37.6 Å². The van der Waals surface area contributed by atoms with E-state index in [2.05, 4.69) is 44.3 Å². The highest BCUT2D eigenvalue weighted by molar-refractivity contribution is 8.23. The van der Waals surface area contributed by atoms with E-state index < -0.39 is 0 Å². The molecule has 2 aliphatic rings.